The maximum Gasteiger partial charge on any atom is 0.243 e. The first-order chi connectivity index (χ1) is 18.1. The van der Waals surface area contributed by atoms with E-state index < -0.39 is 41.9 Å². The molecule has 3 rings (SSSR count). The molecule has 2 aromatic rings. The van der Waals surface area contributed by atoms with Gasteiger partial charge in [0.1, 0.15) is 23.6 Å². The Hall–Kier alpha value is -3.71. The standard InChI is InChI=1S/C26H37N7O5/c27-7-1-2-20-26(38)33-21(25(37)31-13-18(29)12-28)11-17-9-15(4-6-23(17)35)14-3-5-22(34)16(8-14)10-19(30)24(36)32-20/h3-6,8-9,18-21,34-35H,1-2,7,10-13,27-30H2,(H,31,37)(H,32,36)(H,33,38)/t18-,19-,20+,21+/m0/s1. The highest BCUT2D eigenvalue weighted by Crippen LogP contribution is 2.30. The van der Waals surface area contributed by atoms with Crippen LogP contribution in [-0.4, -0.2) is 71.7 Å². The number of hydrogen-bond donors (Lipinski definition) is 9. The van der Waals surface area contributed by atoms with Crippen LogP contribution in [0.4, 0.5) is 0 Å². The van der Waals surface area contributed by atoms with Crippen molar-refractivity contribution in [3.8, 4) is 22.6 Å². The molecule has 12 heteroatoms. The van der Waals surface area contributed by atoms with Gasteiger partial charge in [0.05, 0.1) is 6.04 Å². The van der Waals surface area contributed by atoms with E-state index in [9.17, 15) is 24.6 Å². The molecule has 4 atom stereocenters. The highest BCUT2D eigenvalue weighted by molar-refractivity contribution is 5.93. The fraction of sp³-hybridized carbons (Fsp3) is 0.423. The van der Waals surface area contributed by atoms with Crippen LogP contribution in [-0.2, 0) is 27.2 Å². The summed E-state index contributed by atoms with van der Waals surface area (Å²) < 4.78 is 0. The van der Waals surface area contributed by atoms with Crippen molar-refractivity contribution in [2.75, 3.05) is 19.6 Å². The van der Waals surface area contributed by atoms with Crippen molar-refractivity contribution in [1.29, 1.82) is 0 Å². The summed E-state index contributed by atoms with van der Waals surface area (Å²) in [7, 11) is 0. The Balaban J connectivity index is 2.06. The van der Waals surface area contributed by atoms with Crippen molar-refractivity contribution in [2.45, 2.75) is 49.9 Å². The van der Waals surface area contributed by atoms with Crippen LogP contribution in [0.3, 0.4) is 0 Å². The van der Waals surface area contributed by atoms with E-state index in [2.05, 4.69) is 16.0 Å². The first kappa shape index (κ1) is 28.9. The number of rotatable bonds is 7. The van der Waals surface area contributed by atoms with E-state index in [1.807, 2.05) is 0 Å². The number of benzene rings is 2. The smallest absolute Gasteiger partial charge is 0.243 e. The van der Waals surface area contributed by atoms with E-state index in [0.717, 1.165) is 0 Å². The topological polar surface area (TPSA) is 232 Å². The minimum atomic E-state index is -1.10. The van der Waals surface area contributed by atoms with Crippen LogP contribution in [0.15, 0.2) is 36.4 Å². The molecule has 0 saturated heterocycles. The van der Waals surface area contributed by atoms with Gasteiger partial charge in [-0.3, -0.25) is 14.4 Å². The van der Waals surface area contributed by atoms with E-state index in [1.54, 1.807) is 24.3 Å². The molecule has 0 aromatic heterocycles. The third-order valence-electron chi connectivity index (χ3n) is 6.50. The molecule has 2 aromatic carbocycles. The summed E-state index contributed by atoms with van der Waals surface area (Å²) in [5, 5.41) is 29.0. The second-order valence-electron chi connectivity index (χ2n) is 9.50. The molecule has 0 unspecified atom stereocenters. The van der Waals surface area contributed by atoms with Crippen molar-refractivity contribution in [2.24, 2.45) is 22.9 Å². The predicted molar refractivity (Wildman–Crippen MR) is 143 cm³/mol. The van der Waals surface area contributed by atoms with Crippen LogP contribution in [0.25, 0.3) is 11.1 Å². The number of aromatic hydroxyl groups is 2. The quantitative estimate of drug-likeness (QED) is 0.199. The molecule has 3 amide bonds. The van der Waals surface area contributed by atoms with Gasteiger partial charge in [0.2, 0.25) is 17.7 Å². The summed E-state index contributed by atoms with van der Waals surface area (Å²) >= 11 is 0. The van der Waals surface area contributed by atoms with Gasteiger partial charge < -0.3 is 49.1 Å². The fourth-order valence-corrected chi connectivity index (χ4v) is 4.20. The van der Waals surface area contributed by atoms with Crippen molar-refractivity contribution in [3.05, 3.63) is 47.5 Å². The maximum atomic E-state index is 13.3. The van der Waals surface area contributed by atoms with Gasteiger partial charge in [-0.1, -0.05) is 12.1 Å². The number of hydrogen-bond acceptors (Lipinski definition) is 9. The molecule has 0 fully saturated rings. The number of nitrogens with one attached hydrogen (secondary N) is 3. The van der Waals surface area contributed by atoms with Gasteiger partial charge in [-0.05, 0) is 65.9 Å². The summed E-state index contributed by atoms with van der Waals surface area (Å²) in [5.74, 6) is -1.79. The van der Waals surface area contributed by atoms with Crippen LogP contribution in [0.5, 0.6) is 11.5 Å². The fourth-order valence-electron chi connectivity index (χ4n) is 4.20. The summed E-state index contributed by atoms with van der Waals surface area (Å²) in [6.45, 7) is 0.530. The van der Waals surface area contributed by atoms with E-state index in [-0.39, 0.29) is 50.4 Å². The Labute approximate surface area is 221 Å². The normalized spacial score (nSPS) is 20.9. The Morgan fingerprint density at radius 1 is 0.974 bits per heavy atom. The third-order valence-corrected chi connectivity index (χ3v) is 6.50. The van der Waals surface area contributed by atoms with E-state index >= 15 is 0 Å². The first-order valence-corrected chi connectivity index (χ1v) is 12.6. The monoisotopic (exact) mass is 527 g/mol. The molecule has 1 aliphatic rings. The van der Waals surface area contributed by atoms with Gasteiger partial charge in [-0.15, -0.1) is 0 Å². The summed E-state index contributed by atoms with van der Waals surface area (Å²) in [6, 6.07) is 6.17. The molecule has 13 N–H and O–H groups in total. The highest BCUT2D eigenvalue weighted by Gasteiger charge is 2.29. The van der Waals surface area contributed by atoms with Crippen LogP contribution < -0.4 is 38.9 Å². The van der Waals surface area contributed by atoms with E-state index in [0.29, 0.717) is 28.7 Å². The second kappa shape index (κ2) is 13.2. The zero-order valence-electron chi connectivity index (χ0n) is 21.2. The SMILES string of the molecule is NCCC[C@H]1NC(=O)[C@@H](N)Cc2cc(ccc2O)-c2ccc(O)c(c2)C[C@H](C(=O)NC[C@@H](N)CN)NC1=O. The first-order valence-electron chi connectivity index (χ1n) is 12.6. The molecule has 0 saturated carbocycles. The number of carbonyl (C=O) groups excluding carboxylic acids is 3. The van der Waals surface area contributed by atoms with Crippen molar-refractivity contribution < 1.29 is 24.6 Å². The molecule has 0 spiro atoms. The zero-order valence-corrected chi connectivity index (χ0v) is 21.2. The lowest BCUT2D eigenvalue weighted by molar-refractivity contribution is -0.132. The van der Waals surface area contributed by atoms with Crippen LogP contribution in [0.1, 0.15) is 24.0 Å². The van der Waals surface area contributed by atoms with Crippen LogP contribution in [0.2, 0.25) is 0 Å². The maximum absolute atomic E-state index is 13.3. The van der Waals surface area contributed by atoms with Crippen LogP contribution >= 0.6 is 0 Å². The van der Waals surface area contributed by atoms with Gasteiger partial charge in [0, 0.05) is 32.0 Å². The van der Waals surface area contributed by atoms with Gasteiger partial charge in [0.15, 0.2) is 0 Å². The van der Waals surface area contributed by atoms with Crippen molar-refractivity contribution in [3.63, 3.8) is 0 Å². The number of amides is 3. The summed E-state index contributed by atoms with van der Waals surface area (Å²) in [6.07, 6.45) is 0.626. The lowest BCUT2D eigenvalue weighted by Gasteiger charge is -2.25. The summed E-state index contributed by atoms with van der Waals surface area (Å²) in [4.78, 5) is 39.4. The molecule has 0 radical (unpaired) electrons. The molecule has 0 aliphatic carbocycles. The Bertz CT molecular complexity index is 1160. The lowest BCUT2D eigenvalue weighted by Crippen LogP contribution is -2.57. The Kier molecular flexibility index (Phi) is 10.0. The number of phenols is 2. The van der Waals surface area contributed by atoms with Gasteiger partial charge >= 0.3 is 0 Å². The van der Waals surface area contributed by atoms with Crippen molar-refractivity contribution in [1.82, 2.24) is 16.0 Å². The highest BCUT2D eigenvalue weighted by atomic mass is 16.3. The molecular formula is C26H37N7O5. The lowest BCUT2D eigenvalue weighted by atomic mass is 9.95. The zero-order chi connectivity index (χ0) is 27.8. The summed E-state index contributed by atoms with van der Waals surface area (Å²) in [5.41, 5.74) is 25.4. The molecule has 4 bridgehead atoms. The van der Waals surface area contributed by atoms with E-state index in [4.69, 9.17) is 22.9 Å². The molecule has 206 valence electrons. The molecule has 38 heavy (non-hydrogen) atoms. The van der Waals surface area contributed by atoms with Gasteiger partial charge in [-0.2, -0.15) is 0 Å². The number of phenolic OH excluding ortho intramolecular Hbond substituents is 2. The Morgan fingerprint density at radius 3 is 2.16 bits per heavy atom. The third kappa shape index (κ3) is 7.42. The van der Waals surface area contributed by atoms with Crippen molar-refractivity contribution >= 4 is 17.7 Å². The molecule has 1 heterocycles. The molecule has 12 nitrogen and oxygen atoms in total. The minimum Gasteiger partial charge on any atom is -0.508 e. The van der Waals surface area contributed by atoms with Gasteiger partial charge in [-0.25, -0.2) is 0 Å². The number of carbonyl (C=O) groups is 3. The predicted octanol–water partition coefficient (Wildman–Crippen LogP) is -1.70. The average molecular weight is 528 g/mol. The second-order valence-corrected chi connectivity index (χ2v) is 9.50. The van der Waals surface area contributed by atoms with Crippen LogP contribution in [0, 0.1) is 0 Å². The van der Waals surface area contributed by atoms with E-state index in [1.165, 1.54) is 12.1 Å². The Morgan fingerprint density at radius 2 is 1.58 bits per heavy atom. The van der Waals surface area contributed by atoms with Gasteiger partial charge in [0.25, 0.3) is 0 Å². The molecule has 1 aliphatic heterocycles. The average Bonchev–Trinajstić information content (AvgIpc) is 2.90. The number of nitrogens with two attached hydrogens (primary N) is 4. The largest absolute Gasteiger partial charge is 0.508 e. The number of fused-ring (bicyclic) bond motifs is 5. The molecular weight excluding hydrogens is 490 g/mol. The minimum absolute atomic E-state index is 0.0219.